The molecule has 9 heteroatoms. The van der Waals surface area contributed by atoms with E-state index >= 15 is 0 Å². The largest absolute Gasteiger partial charge is 0.443 e. The summed E-state index contributed by atoms with van der Waals surface area (Å²) < 4.78 is 5.23. The predicted octanol–water partition coefficient (Wildman–Crippen LogP) is -0.511. The lowest BCUT2D eigenvalue weighted by Crippen LogP contribution is -2.42. The Morgan fingerprint density at radius 3 is 2.32 bits per heavy atom. The lowest BCUT2D eigenvalue weighted by Gasteiger charge is -2.19. The second-order valence-corrected chi connectivity index (χ2v) is 4.88. The highest BCUT2D eigenvalue weighted by Crippen LogP contribution is 2.07. The highest BCUT2D eigenvalue weighted by atomic mass is 16.6. The maximum atomic E-state index is 11.9. The Kier molecular flexibility index (Phi) is 2.69. The van der Waals surface area contributed by atoms with Gasteiger partial charge in [-0.2, -0.15) is 4.57 Å². The molecule has 0 aliphatic rings. The van der Waals surface area contributed by atoms with Crippen molar-refractivity contribution in [2.24, 2.45) is 0 Å². The van der Waals surface area contributed by atoms with E-state index in [2.05, 4.69) is 15.0 Å². The fourth-order valence-corrected chi connectivity index (χ4v) is 1.48. The van der Waals surface area contributed by atoms with E-state index in [1.807, 2.05) is 0 Å². The van der Waals surface area contributed by atoms with Crippen LogP contribution in [-0.4, -0.2) is 31.2 Å². The van der Waals surface area contributed by atoms with E-state index in [9.17, 15) is 19.2 Å². The molecule has 0 radical (unpaired) electrons. The number of nitrogens with one attached hydrogen (secondary N) is 3. The third kappa shape index (κ3) is 2.34. The van der Waals surface area contributed by atoms with Crippen LogP contribution in [0.15, 0.2) is 14.4 Å². The number of hydrogen-bond donors (Lipinski definition) is 3. The molecule has 2 rings (SSSR count). The fourth-order valence-electron chi connectivity index (χ4n) is 1.48. The summed E-state index contributed by atoms with van der Waals surface area (Å²) in [5, 5.41) is 0. The van der Waals surface area contributed by atoms with Crippen LogP contribution >= 0.6 is 0 Å². The zero-order valence-corrected chi connectivity index (χ0v) is 10.5. The van der Waals surface area contributed by atoms with Crippen LogP contribution in [0.3, 0.4) is 0 Å². The Morgan fingerprint density at radius 1 is 1.11 bits per heavy atom. The molecule has 0 spiro atoms. The van der Waals surface area contributed by atoms with Gasteiger partial charge in [0.15, 0.2) is 5.52 Å². The number of ether oxygens (including phenoxy) is 1. The highest BCUT2D eigenvalue weighted by molar-refractivity contribution is 5.75. The predicted molar refractivity (Wildman–Crippen MR) is 65.4 cm³/mol. The zero-order chi connectivity index (χ0) is 14.4. The summed E-state index contributed by atoms with van der Waals surface area (Å²) >= 11 is 0. The van der Waals surface area contributed by atoms with Crippen LogP contribution in [0.5, 0.6) is 0 Å². The number of carbonyl (C=O) groups is 1. The van der Waals surface area contributed by atoms with Gasteiger partial charge in [0.05, 0.1) is 0 Å². The molecular formula is C10H12N4O5. The number of rotatable bonds is 0. The van der Waals surface area contributed by atoms with E-state index in [1.54, 1.807) is 20.8 Å². The molecule has 0 atom stereocenters. The third-order valence-electron chi connectivity index (χ3n) is 2.16. The maximum absolute atomic E-state index is 11.9. The van der Waals surface area contributed by atoms with Gasteiger partial charge in [-0.25, -0.2) is 14.4 Å². The minimum atomic E-state index is -1.11. The van der Waals surface area contributed by atoms with E-state index in [4.69, 9.17) is 4.74 Å². The fraction of sp³-hybridized carbons (Fsp3) is 0.400. The smallest absolute Gasteiger partial charge is 0.425 e. The molecule has 0 bridgehead atoms. The van der Waals surface area contributed by atoms with Gasteiger partial charge < -0.3 is 4.74 Å². The Morgan fingerprint density at radius 2 is 1.74 bits per heavy atom. The van der Waals surface area contributed by atoms with E-state index in [0.29, 0.717) is 0 Å². The third-order valence-corrected chi connectivity index (χ3v) is 2.16. The van der Waals surface area contributed by atoms with E-state index < -0.39 is 28.6 Å². The van der Waals surface area contributed by atoms with Crippen LogP contribution < -0.4 is 16.9 Å². The van der Waals surface area contributed by atoms with Crippen LogP contribution in [0.2, 0.25) is 0 Å². The van der Waals surface area contributed by atoms with Crippen molar-refractivity contribution < 1.29 is 9.53 Å². The normalized spacial score (nSPS) is 11.7. The van der Waals surface area contributed by atoms with Crippen molar-refractivity contribution in [2.75, 3.05) is 0 Å². The first-order chi connectivity index (χ1) is 8.69. The number of carbonyl (C=O) groups excluding carboxylic acids is 1. The first-order valence-corrected chi connectivity index (χ1v) is 5.40. The van der Waals surface area contributed by atoms with Crippen molar-refractivity contribution in [3.63, 3.8) is 0 Å². The average molecular weight is 268 g/mol. The number of hydrogen-bond acceptors (Lipinski definition) is 5. The van der Waals surface area contributed by atoms with Crippen molar-refractivity contribution in [1.82, 2.24) is 19.5 Å². The van der Waals surface area contributed by atoms with Crippen LogP contribution in [0, 0.1) is 0 Å². The first-order valence-electron chi connectivity index (χ1n) is 5.40. The summed E-state index contributed by atoms with van der Waals surface area (Å²) in [5.41, 5.74) is -3.72. The number of H-pyrrole nitrogens is 3. The molecule has 0 aromatic carbocycles. The van der Waals surface area contributed by atoms with Gasteiger partial charge in [0, 0.05) is 0 Å². The Bertz CT molecular complexity index is 813. The highest BCUT2D eigenvalue weighted by Gasteiger charge is 2.22. The summed E-state index contributed by atoms with van der Waals surface area (Å²) in [6, 6.07) is 0. The summed E-state index contributed by atoms with van der Waals surface area (Å²) in [4.78, 5) is 53.1. The Balaban J connectivity index is 2.68. The quantitative estimate of drug-likeness (QED) is 0.592. The van der Waals surface area contributed by atoms with Gasteiger partial charge in [0.2, 0.25) is 0 Å². The van der Waals surface area contributed by atoms with E-state index in [-0.39, 0.29) is 15.7 Å². The molecule has 2 aromatic rings. The summed E-state index contributed by atoms with van der Waals surface area (Å²) in [7, 11) is 0. The number of nitrogens with zero attached hydrogens (tertiary/aromatic N) is 1. The van der Waals surface area contributed by atoms with E-state index in [1.165, 1.54) is 0 Å². The second-order valence-electron chi connectivity index (χ2n) is 4.88. The SMILES string of the molecule is CC(C)(C)OC(=O)n1c(=O)[nH]c2[nH]c(=O)[nH]c2c1=O. The van der Waals surface area contributed by atoms with Crippen molar-refractivity contribution in [1.29, 1.82) is 0 Å². The molecule has 0 aliphatic carbocycles. The molecule has 2 aromatic heterocycles. The summed E-state index contributed by atoms with van der Waals surface area (Å²) in [5.74, 6) is 0. The summed E-state index contributed by atoms with van der Waals surface area (Å²) in [6.07, 6.45) is -1.11. The molecule has 0 amide bonds. The lowest BCUT2D eigenvalue weighted by molar-refractivity contribution is 0.0524. The van der Waals surface area contributed by atoms with Crippen molar-refractivity contribution >= 4 is 17.3 Å². The molecule has 0 saturated heterocycles. The topological polar surface area (TPSA) is 130 Å². The molecule has 0 unspecified atom stereocenters. The van der Waals surface area contributed by atoms with Crippen LogP contribution in [0.1, 0.15) is 20.8 Å². The standard InChI is InChI=1S/C10H12N4O5/c1-10(2,3)19-9(18)14-6(15)4-5(13-8(14)17)12-7(16)11-4/h1-3H3,(H,13,17)(H2,11,12,16). The number of aromatic amines is 3. The molecule has 0 saturated carbocycles. The molecule has 9 nitrogen and oxygen atoms in total. The first kappa shape index (κ1) is 12.9. The van der Waals surface area contributed by atoms with Crippen LogP contribution in [0.4, 0.5) is 4.79 Å². The molecule has 19 heavy (non-hydrogen) atoms. The van der Waals surface area contributed by atoms with Gasteiger partial charge in [-0.15, -0.1) is 0 Å². The Labute approximate surface area is 105 Å². The molecule has 2 heterocycles. The number of imidazole rings is 1. The van der Waals surface area contributed by atoms with E-state index in [0.717, 1.165) is 0 Å². The van der Waals surface area contributed by atoms with Crippen molar-refractivity contribution in [2.45, 2.75) is 26.4 Å². The van der Waals surface area contributed by atoms with Crippen LogP contribution in [0.25, 0.3) is 11.2 Å². The lowest BCUT2D eigenvalue weighted by atomic mass is 10.2. The molecule has 0 fully saturated rings. The summed E-state index contributed by atoms with van der Waals surface area (Å²) in [6.45, 7) is 4.79. The Hall–Kier alpha value is -2.58. The van der Waals surface area contributed by atoms with Gasteiger partial charge in [-0.1, -0.05) is 0 Å². The van der Waals surface area contributed by atoms with Gasteiger partial charge in [-0.05, 0) is 20.8 Å². The van der Waals surface area contributed by atoms with Crippen LogP contribution in [-0.2, 0) is 4.74 Å². The molecule has 102 valence electrons. The monoisotopic (exact) mass is 268 g/mol. The number of aromatic nitrogens is 4. The van der Waals surface area contributed by atoms with Crippen molar-refractivity contribution in [3.8, 4) is 0 Å². The van der Waals surface area contributed by atoms with Gasteiger partial charge in [0.1, 0.15) is 11.2 Å². The zero-order valence-electron chi connectivity index (χ0n) is 10.5. The van der Waals surface area contributed by atoms with Gasteiger partial charge >= 0.3 is 17.5 Å². The minimum absolute atomic E-state index is 0.0696. The molecular weight excluding hydrogens is 256 g/mol. The average Bonchev–Trinajstić information content (AvgIpc) is 2.55. The van der Waals surface area contributed by atoms with Crippen molar-refractivity contribution in [3.05, 3.63) is 31.3 Å². The molecule has 0 aliphatic heterocycles. The molecule has 3 N–H and O–H groups in total. The minimum Gasteiger partial charge on any atom is -0.443 e. The maximum Gasteiger partial charge on any atom is 0.425 e. The number of fused-ring (bicyclic) bond motifs is 1. The van der Waals surface area contributed by atoms with Gasteiger partial charge in [-0.3, -0.25) is 19.7 Å². The van der Waals surface area contributed by atoms with Gasteiger partial charge in [0.25, 0.3) is 5.56 Å². The second kappa shape index (κ2) is 3.97.